The molecule has 0 saturated carbocycles. The molecule has 0 spiro atoms. The predicted octanol–water partition coefficient (Wildman–Crippen LogP) is 7.35. The highest BCUT2D eigenvalue weighted by Crippen LogP contribution is 2.37. The Morgan fingerprint density at radius 3 is 2.05 bits per heavy atom. The lowest BCUT2D eigenvalue weighted by Gasteiger charge is -2.25. The first-order chi connectivity index (χ1) is 18.5. The van der Waals surface area contributed by atoms with Gasteiger partial charge in [0.15, 0.2) is 21.4 Å². The van der Waals surface area contributed by atoms with E-state index in [-0.39, 0.29) is 37.3 Å². The first-order valence-corrected chi connectivity index (χ1v) is 15.9. The molecule has 0 radical (unpaired) electrons. The van der Waals surface area contributed by atoms with E-state index < -0.39 is 33.0 Å². The monoisotopic (exact) mass is 632 g/mol. The highest BCUT2D eigenvalue weighted by molar-refractivity contribution is 7.90. The van der Waals surface area contributed by atoms with Crippen LogP contribution in [-0.4, -0.2) is 38.4 Å². The van der Waals surface area contributed by atoms with Gasteiger partial charge in [0.1, 0.15) is 0 Å². The zero-order valence-corrected chi connectivity index (χ0v) is 26.3. The highest BCUT2D eigenvalue weighted by Gasteiger charge is 2.38. The van der Waals surface area contributed by atoms with Crippen LogP contribution < -0.4 is 15.4 Å². The number of rotatable bonds is 13. The summed E-state index contributed by atoms with van der Waals surface area (Å²) in [7, 11) is -3.63. The Hall–Kier alpha value is -2.33. The van der Waals surface area contributed by atoms with Gasteiger partial charge in [0, 0.05) is 23.8 Å². The van der Waals surface area contributed by atoms with Gasteiger partial charge in [-0.1, -0.05) is 88.2 Å². The lowest BCUT2D eigenvalue weighted by Crippen LogP contribution is -2.45. The van der Waals surface area contributed by atoms with Crippen LogP contribution in [0.3, 0.4) is 0 Å². The van der Waals surface area contributed by atoms with E-state index in [0.717, 1.165) is 50.5 Å². The first-order valence-electron chi connectivity index (χ1n) is 12.8. The van der Waals surface area contributed by atoms with Gasteiger partial charge >= 0.3 is 0 Å². The number of benzene rings is 2. The fraction of sp³-hybridized carbons (Fsp3) is 0.464. The first kappa shape index (κ1) is 33.9. The molecule has 220 valence electrons. The van der Waals surface area contributed by atoms with Crippen LogP contribution in [0.25, 0.3) is 0 Å². The molecule has 12 heteroatoms. The van der Waals surface area contributed by atoms with E-state index in [9.17, 15) is 22.8 Å². The quantitative estimate of drug-likeness (QED) is 0.176. The van der Waals surface area contributed by atoms with Crippen molar-refractivity contribution in [3.05, 3.63) is 45.4 Å². The molecule has 2 amide bonds. The third-order valence-corrected chi connectivity index (χ3v) is 7.85. The molecule has 0 fully saturated rings. The molecule has 0 heterocycles. The Balaban J connectivity index is 2.28. The highest BCUT2D eigenvalue weighted by atomic mass is 35.5. The van der Waals surface area contributed by atoms with Gasteiger partial charge in [-0.05, 0) is 36.8 Å². The molecule has 0 aliphatic rings. The molecule has 40 heavy (non-hydrogen) atoms. The fourth-order valence-electron chi connectivity index (χ4n) is 3.61. The molecule has 0 saturated heterocycles. The molecule has 2 aromatic carbocycles. The minimum atomic E-state index is -3.63. The van der Waals surface area contributed by atoms with Gasteiger partial charge in [-0.2, -0.15) is 0 Å². The number of carbonyl (C=O) groups excluding carboxylic acids is 3. The van der Waals surface area contributed by atoms with Gasteiger partial charge in [0.2, 0.25) is 12.0 Å². The number of amides is 2. The van der Waals surface area contributed by atoms with Crippen LogP contribution in [0.1, 0.15) is 66.2 Å². The zero-order chi connectivity index (χ0) is 30.3. The van der Waals surface area contributed by atoms with Gasteiger partial charge in [-0.25, -0.2) is 8.42 Å². The number of hydrogen-bond donors (Lipinski definition) is 2. The predicted molar refractivity (Wildman–Crippen MR) is 161 cm³/mol. The number of ketones is 1. The van der Waals surface area contributed by atoms with E-state index in [0.29, 0.717) is 12.1 Å². The van der Waals surface area contributed by atoms with E-state index in [1.165, 1.54) is 12.1 Å². The fourth-order valence-corrected chi connectivity index (χ4v) is 5.14. The maximum Gasteiger partial charge on any atom is 0.273 e. The standard InChI is InChI=1S/C28H35Cl3N2O6S/c1-6-7-8-9-10-11-23(34)32-17-12-13-19(29)22(14-17)33-27(36)25(26(35)28(2,3)4)39-24-20(30)15-18(16-21(24)31)40(5,37)38/h12-16,25H,6-11H2,1-5H3,(H,32,34)(H,33,36). The van der Waals surface area contributed by atoms with E-state index >= 15 is 0 Å². The largest absolute Gasteiger partial charge is 0.470 e. The summed E-state index contributed by atoms with van der Waals surface area (Å²) in [6.45, 7) is 6.96. The lowest BCUT2D eigenvalue weighted by atomic mass is 9.87. The Morgan fingerprint density at radius 1 is 0.900 bits per heavy atom. The van der Waals surface area contributed by atoms with Gasteiger partial charge < -0.3 is 15.4 Å². The third-order valence-electron chi connectivity index (χ3n) is 5.87. The van der Waals surface area contributed by atoms with Crippen LogP contribution in [0.2, 0.25) is 15.1 Å². The summed E-state index contributed by atoms with van der Waals surface area (Å²) >= 11 is 18.8. The average molecular weight is 634 g/mol. The molecular formula is C28H35Cl3N2O6S. The van der Waals surface area contributed by atoms with Crippen molar-refractivity contribution in [3.63, 3.8) is 0 Å². The van der Waals surface area contributed by atoms with Crippen LogP contribution in [-0.2, 0) is 24.2 Å². The van der Waals surface area contributed by atoms with Crippen molar-refractivity contribution in [2.75, 3.05) is 16.9 Å². The summed E-state index contributed by atoms with van der Waals surface area (Å²) in [6, 6.07) is 6.84. The van der Waals surface area contributed by atoms with Crippen LogP contribution in [0.5, 0.6) is 5.75 Å². The number of unbranched alkanes of at least 4 members (excludes halogenated alkanes) is 4. The summed E-state index contributed by atoms with van der Waals surface area (Å²) in [5.41, 5.74) is -0.447. The van der Waals surface area contributed by atoms with E-state index in [4.69, 9.17) is 39.5 Å². The van der Waals surface area contributed by atoms with Crippen molar-refractivity contribution in [3.8, 4) is 5.75 Å². The molecular weight excluding hydrogens is 599 g/mol. The summed E-state index contributed by atoms with van der Waals surface area (Å²) < 4.78 is 29.6. The lowest BCUT2D eigenvalue weighted by molar-refractivity contribution is -0.140. The van der Waals surface area contributed by atoms with E-state index in [1.54, 1.807) is 26.8 Å². The number of sulfone groups is 1. The van der Waals surface area contributed by atoms with Gasteiger partial charge in [-0.15, -0.1) is 0 Å². The van der Waals surface area contributed by atoms with Crippen molar-refractivity contribution in [2.24, 2.45) is 5.41 Å². The third kappa shape index (κ3) is 9.94. The van der Waals surface area contributed by atoms with E-state index in [1.807, 2.05) is 0 Å². The Kier molecular flexibility index (Phi) is 12.3. The summed E-state index contributed by atoms with van der Waals surface area (Å²) in [6.07, 6.45) is 4.71. The molecule has 0 aliphatic carbocycles. The number of nitrogens with one attached hydrogen (secondary N) is 2. The number of ether oxygens (including phenoxy) is 1. The van der Waals surface area contributed by atoms with Gasteiger partial charge in [0.05, 0.1) is 25.7 Å². The molecule has 1 unspecified atom stereocenters. The van der Waals surface area contributed by atoms with Crippen molar-refractivity contribution in [1.29, 1.82) is 0 Å². The summed E-state index contributed by atoms with van der Waals surface area (Å²) in [5.74, 6) is -1.84. The van der Waals surface area contributed by atoms with Crippen LogP contribution in [0.4, 0.5) is 11.4 Å². The van der Waals surface area contributed by atoms with Crippen molar-refractivity contribution in [1.82, 2.24) is 0 Å². The van der Waals surface area contributed by atoms with Crippen molar-refractivity contribution >= 4 is 73.6 Å². The normalized spacial score (nSPS) is 12.5. The number of halogens is 3. The van der Waals surface area contributed by atoms with Crippen LogP contribution in [0, 0.1) is 5.41 Å². The molecule has 2 rings (SSSR count). The topological polar surface area (TPSA) is 119 Å². The Morgan fingerprint density at radius 2 is 1.50 bits per heavy atom. The SMILES string of the molecule is CCCCCCCC(=O)Nc1ccc(Cl)c(NC(=O)C(Oc2c(Cl)cc(S(C)(=O)=O)cc2Cl)C(=O)C(C)(C)C)c1. The zero-order valence-electron chi connectivity index (χ0n) is 23.2. The maximum absolute atomic E-state index is 13.4. The second-order valence-electron chi connectivity index (χ2n) is 10.5. The van der Waals surface area contributed by atoms with Crippen LogP contribution >= 0.6 is 34.8 Å². The molecule has 8 nitrogen and oxygen atoms in total. The van der Waals surface area contributed by atoms with Gasteiger partial charge in [-0.3, -0.25) is 14.4 Å². The molecule has 2 aromatic rings. The van der Waals surface area contributed by atoms with Gasteiger partial charge in [0.25, 0.3) is 5.91 Å². The summed E-state index contributed by atoms with van der Waals surface area (Å²) in [4.78, 5) is 38.9. The van der Waals surface area contributed by atoms with Crippen molar-refractivity contribution in [2.45, 2.75) is 77.2 Å². The second kappa shape index (κ2) is 14.5. The second-order valence-corrected chi connectivity index (χ2v) is 13.7. The Bertz CT molecular complexity index is 1330. The minimum absolute atomic E-state index is 0.146. The molecule has 0 bridgehead atoms. The smallest absolute Gasteiger partial charge is 0.273 e. The Labute approximate surface area is 251 Å². The maximum atomic E-state index is 13.4. The molecule has 2 N–H and O–H groups in total. The number of hydrogen-bond acceptors (Lipinski definition) is 6. The molecule has 0 aliphatic heterocycles. The van der Waals surface area contributed by atoms with Crippen molar-refractivity contribution < 1.29 is 27.5 Å². The minimum Gasteiger partial charge on any atom is -0.470 e. The summed E-state index contributed by atoms with van der Waals surface area (Å²) in [5, 5.41) is 5.17. The number of carbonyl (C=O) groups is 3. The van der Waals surface area contributed by atoms with Crippen LogP contribution in [0.15, 0.2) is 35.2 Å². The number of anilines is 2. The average Bonchev–Trinajstić information content (AvgIpc) is 2.84. The molecule has 0 aromatic heterocycles. The number of Topliss-reactive ketones (excluding diaryl/α,β-unsaturated/α-hetero) is 1. The van der Waals surface area contributed by atoms with E-state index in [2.05, 4.69) is 17.6 Å². The molecule has 1 atom stereocenters.